The van der Waals surface area contributed by atoms with Crippen LogP contribution in [-0.2, 0) is 9.59 Å². The van der Waals surface area contributed by atoms with Gasteiger partial charge >= 0.3 is 0 Å². The largest absolute Gasteiger partial charge is 0.363 e. The van der Waals surface area contributed by atoms with E-state index in [0.717, 1.165) is 25.7 Å². The van der Waals surface area contributed by atoms with Crippen LogP contribution in [0.25, 0.3) is 0 Å². The number of amides is 2. The highest BCUT2D eigenvalue weighted by molar-refractivity contribution is 5.93. The van der Waals surface area contributed by atoms with Crippen molar-refractivity contribution >= 4 is 17.6 Å². The third-order valence-corrected chi connectivity index (χ3v) is 3.66. The molecule has 2 amide bonds. The normalized spacial score (nSPS) is 15.8. The Hall–Kier alpha value is -1.85. The number of hydrogen-bond donors (Lipinski definition) is 1. The molecule has 0 atom stereocenters. The van der Waals surface area contributed by atoms with E-state index in [1.165, 1.54) is 12.7 Å². The second-order valence-electron chi connectivity index (χ2n) is 5.10. The molecule has 2 rings (SSSR count). The van der Waals surface area contributed by atoms with Gasteiger partial charge in [-0.15, -0.1) is 0 Å². The first kappa shape index (κ1) is 14.6. The van der Waals surface area contributed by atoms with Gasteiger partial charge in [0.25, 0.3) is 0 Å². The molecule has 1 aromatic heterocycles. The van der Waals surface area contributed by atoms with Gasteiger partial charge in [-0.3, -0.25) is 9.59 Å². The van der Waals surface area contributed by atoms with Crippen LogP contribution in [0.2, 0.25) is 0 Å². The molecule has 1 heterocycles. The maximum Gasteiger partial charge on any atom is 0.245 e. The number of carbonyl (C=O) groups is 2. The number of nitrogens with zero attached hydrogens (tertiary/aromatic N) is 2. The van der Waals surface area contributed by atoms with Gasteiger partial charge in [0, 0.05) is 18.5 Å². The number of anilines is 1. The van der Waals surface area contributed by atoms with Gasteiger partial charge in [0.05, 0.1) is 0 Å². The zero-order chi connectivity index (χ0) is 14.4. The van der Waals surface area contributed by atoms with Crippen LogP contribution in [0, 0.1) is 0 Å². The summed E-state index contributed by atoms with van der Waals surface area (Å²) in [6.07, 6.45) is 7.27. The van der Waals surface area contributed by atoms with E-state index < -0.39 is 0 Å². The maximum atomic E-state index is 12.1. The van der Waals surface area contributed by atoms with E-state index in [1.807, 2.05) is 6.92 Å². The molecule has 6 heteroatoms. The first-order chi connectivity index (χ1) is 9.70. The smallest absolute Gasteiger partial charge is 0.245 e. The van der Waals surface area contributed by atoms with Crippen LogP contribution in [0.1, 0.15) is 45.4 Å². The van der Waals surface area contributed by atoms with Crippen LogP contribution >= 0.6 is 0 Å². The summed E-state index contributed by atoms with van der Waals surface area (Å²) in [4.78, 5) is 25.8. The van der Waals surface area contributed by atoms with Gasteiger partial charge < -0.3 is 14.7 Å². The molecule has 1 aromatic rings. The lowest BCUT2D eigenvalue weighted by Gasteiger charge is -2.33. The lowest BCUT2D eigenvalue weighted by Crippen LogP contribution is -2.45. The Morgan fingerprint density at radius 3 is 2.75 bits per heavy atom. The molecule has 0 radical (unpaired) electrons. The molecule has 0 bridgehead atoms. The van der Waals surface area contributed by atoms with Gasteiger partial charge in [0.2, 0.25) is 11.8 Å². The van der Waals surface area contributed by atoms with Crippen LogP contribution in [0.5, 0.6) is 0 Å². The molecule has 1 fully saturated rings. The van der Waals surface area contributed by atoms with Crippen LogP contribution in [0.4, 0.5) is 5.82 Å². The molecule has 0 spiro atoms. The van der Waals surface area contributed by atoms with E-state index in [-0.39, 0.29) is 24.4 Å². The molecule has 0 aliphatic heterocycles. The second kappa shape index (κ2) is 7.07. The van der Waals surface area contributed by atoms with E-state index in [2.05, 4.69) is 15.0 Å². The molecule has 110 valence electrons. The Labute approximate surface area is 118 Å². The van der Waals surface area contributed by atoms with Crippen LogP contribution in [0.15, 0.2) is 16.9 Å². The SMILES string of the molecule is CCC(=O)N(CC(=O)Nc1ccon1)C1CCCCC1. The van der Waals surface area contributed by atoms with Crippen LogP contribution in [0.3, 0.4) is 0 Å². The third-order valence-electron chi connectivity index (χ3n) is 3.66. The average Bonchev–Trinajstić information content (AvgIpc) is 2.97. The van der Waals surface area contributed by atoms with Crippen molar-refractivity contribution in [3.05, 3.63) is 12.3 Å². The van der Waals surface area contributed by atoms with E-state index in [1.54, 1.807) is 11.0 Å². The Kier molecular flexibility index (Phi) is 5.15. The molecule has 1 aliphatic carbocycles. The molecule has 20 heavy (non-hydrogen) atoms. The molecule has 1 saturated carbocycles. The molecule has 0 aromatic carbocycles. The number of carbonyl (C=O) groups excluding carboxylic acids is 2. The molecular formula is C14H21N3O3. The minimum absolute atomic E-state index is 0.0344. The van der Waals surface area contributed by atoms with E-state index in [9.17, 15) is 9.59 Å². The topological polar surface area (TPSA) is 75.4 Å². The standard InChI is InChI=1S/C14H21N3O3/c1-2-14(19)17(11-6-4-3-5-7-11)10-13(18)15-12-8-9-20-16-12/h8-9,11H,2-7,10H2,1H3,(H,15,16,18). The molecule has 1 aliphatic rings. The lowest BCUT2D eigenvalue weighted by atomic mass is 9.94. The first-order valence-corrected chi connectivity index (χ1v) is 7.20. The van der Waals surface area contributed by atoms with E-state index in [4.69, 9.17) is 0 Å². The predicted molar refractivity (Wildman–Crippen MR) is 74.0 cm³/mol. The van der Waals surface area contributed by atoms with E-state index >= 15 is 0 Å². The van der Waals surface area contributed by atoms with Crippen molar-refractivity contribution in [2.24, 2.45) is 0 Å². The lowest BCUT2D eigenvalue weighted by molar-refractivity contribution is -0.137. The van der Waals surface area contributed by atoms with Crippen molar-refractivity contribution in [2.45, 2.75) is 51.5 Å². The van der Waals surface area contributed by atoms with Gasteiger partial charge in [-0.2, -0.15) is 0 Å². The first-order valence-electron chi connectivity index (χ1n) is 7.20. The quantitative estimate of drug-likeness (QED) is 0.896. The highest BCUT2D eigenvalue weighted by Gasteiger charge is 2.26. The molecule has 1 N–H and O–H groups in total. The van der Waals surface area contributed by atoms with Crippen molar-refractivity contribution in [1.82, 2.24) is 10.1 Å². The minimum Gasteiger partial charge on any atom is -0.363 e. The van der Waals surface area contributed by atoms with Crippen molar-refractivity contribution in [3.63, 3.8) is 0 Å². The number of aromatic nitrogens is 1. The maximum absolute atomic E-state index is 12.1. The highest BCUT2D eigenvalue weighted by Crippen LogP contribution is 2.23. The summed E-state index contributed by atoms with van der Waals surface area (Å²) < 4.78 is 4.66. The summed E-state index contributed by atoms with van der Waals surface area (Å²) in [5.41, 5.74) is 0. The predicted octanol–water partition coefficient (Wildman–Crippen LogP) is 2.18. The summed E-state index contributed by atoms with van der Waals surface area (Å²) in [5, 5.41) is 6.26. The fourth-order valence-electron chi connectivity index (χ4n) is 2.63. The Balaban J connectivity index is 1.95. The third kappa shape index (κ3) is 3.82. The zero-order valence-corrected chi connectivity index (χ0v) is 11.8. The number of rotatable bonds is 5. The van der Waals surface area contributed by atoms with Gasteiger partial charge in [-0.25, -0.2) is 0 Å². The monoisotopic (exact) mass is 279 g/mol. The average molecular weight is 279 g/mol. The minimum atomic E-state index is -0.230. The number of nitrogens with one attached hydrogen (secondary N) is 1. The van der Waals surface area contributed by atoms with Gasteiger partial charge in [0.15, 0.2) is 5.82 Å². The Bertz CT molecular complexity index is 439. The summed E-state index contributed by atoms with van der Waals surface area (Å²) >= 11 is 0. The molecule has 6 nitrogen and oxygen atoms in total. The summed E-state index contributed by atoms with van der Waals surface area (Å²) in [7, 11) is 0. The van der Waals surface area contributed by atoms with Gasteiger partial charge in [-0.1, -0.05) is 31.3 Å². The van der Waals surface area contributed by atoms with Crippen molar-refractivity contribution in [2.75, 3.05) is 11.9 Å². The van der Waals surface area contributed by atoms with E-state index in [0.29, 0.717) is 12.2 Å². The fourth-order valence-corrected chi connectivity index (χ4v) is 2.63. The highest BCUT2D eigenvalue weighted by atomic mass is 16.5. The second-order valence-corrected chi connectivity index (χ2v) is 5.10. The van der Waals surface area contributed by atoms with Crippen molar-refractivity contribution < 1.29 is 14.1 Å². The van der Waals surface area contributed by atoms with Gasteiger partial charge in [-0.05, 0) is 12.8 Å². The van der Waals surface area contributed by atoms with Gasteiger partial charge in [0.1, 0.15) is 12.8 Å². The summed E-state index contributed by atoms with van der Waals surface area (Å²) in [6.45, 7) is 1.91. The van der Waals surface area contributed by atoms with Crippen LogP contribution in [-0.4, -0.2) is 34.5 Å². The Morgan fingerprint density at radius 2 is 2.15 bits per heavy atom. The number of hydrogen-bond acceptors (Lipinski definition) is 4. The Morgan fingerprint density at radius 1 is 1.40 bits per heavy atom. The summed E-state index contributed by atoms with van der Waals surface area (Å²) in [6, 6.07) is 1.77. The molecule has 0 saturated heterocycles. The zero-order valence-electron chi connectivity index (χ0n) is 11.8. The van der Waals surface area contributed by atoms with Crippen molar-refractivity contribution in [1.29, 1.82) is 0 Å². The van der Waals surface area contributed by atoms with Crippen molar-refractivity contribution in [3.8, 4) is 0 Å². The van der Waals surface area contributed by atoms with Crippen LogP contribution < -0.4 is 5.32 Å². The fraction of sp³-hybridized carbons (Fsp3) is 0.643. The molecular weight excluding hydrogens is 258 g/mol. The molecule has 0 unspecified atom stereocenters. The summed E-state index contributed by atoms with van der Waals surface area (Å²) in [5.74, 6) is 0.181.